The van der Waals surface area contributed by atoms with Crippen LogP contribution >= 0.6 is 0 Å². The van der Waals surface area contributed by atoms with E-state index >= 15 is 0 Å². The van der Waals surface area contributed by atoms with Crippen molar-refractivity contribution in [3.63, 3.8) is 0 Å². The molecule has 1 fully saturated rings. The van der Waals surface area contributed by atoms with Crippen molar-refractivity contribution in [2.45, 2.75) is 20.3 Å². The zero-order valence-corrected chi connectivity index (χ0v) is 9.32. The average molecular weight is 208 g/mol. The van der Waals surface area contributed by atoms with Crippen LogP contribution in [0.25, 0.3) is 0 Å². The predicted octanol–water partition coefficient (Wildman–Crippen LogP) is 1.58. The summed E-state index contributed by atoms with van der Waals surface area (Å²) in [6.45, 7) is 3.78. The Balaban J connectivity index is 2.38. The molecule has 3 unspecified atom stereocenters. The third kappa shape index (κ3) is 1.25. The number of carbonyl (C=O) groups is 2. The summed E-state index contributed by atoms with van der Waals surface area (Å²) in [5, 5.41) is 0. The first-order chi connectivity index (χ1) is 7.00. The molecule has 82 valence electrons. The van der Waals surface area contributed by atoms with Crippen molar-refractivity contribution in [1.29, 1.82) is 0 Å². The summed E-state index contributed by atoms with van der Waals surface area (Å²) in [5.41, 5.74) is -0.641. The first-order valence-electron chi connectivity index (χ1n) is 5.31. The molecule has 0 N–H and O–H groups in total. The van der Waals surface area contributed by atoms with Crippen LogP contribution in [-0.4, -0.2) is 18.9 Å². The number of hydrogen-bond acceptors (Lipinski definition) is 3. The molecule has 0 heterocycles. The maximum absolute atomic E-state index is 12.0. The van der Waals surface area contributed by atoms with E-state index in [1.54, 1.807) is 0 Å². The van der Waals surface area contributed by atoms with Crippen LogP contribution in [0.5, 0.6) is 0 Å². The molecule has 3 aliphatic carbocycles. The molecule has 0 spiro atoms. The van der Waals surface area contributed by atoms with Crippen LogP contribution in [0.4, 0.5) is 0 Å². The second-order valence-corrected chi connectivity index (χ2v) is 4.83. The van der Waals surface area contributed by atoms with Gasteiger partial charge in [0.15, 0.2) is 0 Å². The van der Waals surface area contributed by atoms with Gasteiger partial charge in [0.2, 0.25) is 0 Å². The Morgan fingerprint density at radius 1 is 1.53 bits per heavy atom. The topological polar surface area (TPSA) is 43.4 Å². The Kier molecular flexibility index (Phi) is 2.21. The van der Waals surface area contributed by atoms with Gasteiger partial charge in [0.1, 0.15) is 5.78 Å². The molecule has 3 rings (SSSR count). The highest BCUT2D eigenvalue weighted by Crippen LogP contribution is 2.49. The minimum atomic E-state index is -0.641. The molecule has 0 aliphatic heterocycles. The van der Waals surface area contributed by atoms with Gasteiger partial charge in [-0.2, -0.15) is 0 Å². The third-order valence-electron chi connectivity index (χ3n) is 3.95. The van der Waals surface area contributed by atoms with Gasteiger partial charge in [-0.1, -0.05) is 19.1 Å². The lowest BCUT2D eigenvalue weighted by atomic mass is 9.56. The number of esters is 1. The number of carbonyl (C=O) groups excluding carboxylic acids is 2. The highest BCUT2D eigenvalue weighted by Gasteiger charge is 2.54. The Hall–Kier alpha value is -1.12. The van der Waals surface area contributed by atoms with Crippen molar-refractivity contribution < 1.29 is 14.3 Å². The van der Waals surface area contributed by atoms with Crippen molar-refractivity contribution in [1.82, 2.24) is 0 Å². The molecule has 2 bridgehead atoms. The third-order valence-corrected chi connectivity index (χ3v) is 3.95. The lowest BCUT2D eigenvalue weighted by molar-refractivity contribution is -0.163. The van der Waals surface area contributed by atoms with Crippen molar-refractivity contribution in [3.8, 4) is 0 Å². The van der Waals surface area contributed by atoms with E-state index in [1.807, 2.05) is 19.9 Å². The monoisotopic (exact) mass is 208 g/mol. The standard InChI is InChI=1S/C12H16O3/c1-7-8-4-5-9(10(7)13)12(2,6-8)11(14)15-3/h4-5,7-9H,6H2,1-3H3/t7?,8?,9?,12-/m0/s1. The largest absolute Gasteiger partial charge is 0.469 e. The zero-order chi connectivity index (χ0) is 11.2. The number of ether oxygens (including phenoxy) is 1. The van der Waals surface area contributed by atoms with E-state index in [1.165, 1.54) is 7.11 Å². The van der Waals surface area contributed by atoms with Crippen LogP contribution in [0.15, 0.2) is 12.2 Å². The average Bonchev–Trinajstić information content (AvgIpc) is 2.23. The number of Topliss-reactive ketones (excluding diaryl/α,β-unsaturated/α-hetero) is 1. The number of allylic oxidation sites excluding steroid dienone is 2. The summed E-state index contributed by atoms with van der Waals surface area (Å²) in [5.74, 6) is -0.113. The molecule has 0 saturated heterocycles. The summed E-state index contributed by atoms with van der Waals surface area (Å²) in [7, 11) is 1.38. The Bertz CT molecular complexity index is 345. The number of fused-ring (bicyclic) bond motifs is 2. The summed E-state index contributed by atoms with van der Waals surface area (Å²) in [6.07, 6.45) is 4.68. The van der Waals surface area contributed by atoms with Crippen LogP contribution in [0.2, 0.25) is 0 Å². The summed E-state index contributed by atoms with van der Waals surface area (Å²) in [4.78, 5) is 23.7. The van der Waals surface area contributed by atoms with Crippen LogP contribution in [0.1, 0.15) is 20.3 Å². The van der Waals surface area contributed by atoms with Gasteiger partial charge in [0, 0.05) is 5.92 Å². The van der Waals surface area contributed by atoms with E-state index in [0.29, 0.717) is 0 Å². The summed E-state index contributed by atoms with van der Waals surface area (Å²) >= 11 is 0. The lowest BCUT2D eigenvalue weighted by Gasteiger charge is -2.46. The van der Waals surface area contributed by atoms with Crippen LogP contribution in [-0.2, 0) is 14.3 Å². The molecular weight excluding hydrogens is 192 g/mol. The fourth-order valence-electron chi connectivity index (χ4n) is 2.84. The maximum Gasteiger partial charge on any atom is 0.312 e. The normalized spacial score (nSPS) is 43.1. The van der Waals surface area contributed by atoms with Gasteiger partial charge in [-0.25, -0.2) is 0 Å². The molecule has 3 nitrogen and oxygen atoms in total. The fourth-order valence-corrected chi connectivity index (χ4v) is 2.84. The maximum atomic E-state index is 12.0. The van der Waals surface area contributed by atoms with Crippen LogP contribution in [0, 0.1) is 23.2 Å². The van der Waals surface area contributed by atoms with E-state index in [2.05, 4.69) is 6.08 Å². The van der Waals surface area contributed by atoms with Crippen LogP contribution < -0.4 is 0 Å². The smallest absolute Gasteiger partial charge is 0.312 e. The molecule has 0 amide bonds. The highest BCUT2D eigenvalue weighted by molar-refractivity contribution is 5.94. The van der Waals surface area contributed by atoms with Crippen molar-refractivity contribution in [2.75, 3.05) is 7.11 Å². The highest BCUT2D eigenvalue weighted by atomic mass is 16.5. The van der Waals surface area contributed by atoms with E-state index < -0.39 is 5.41 Å². The van der Waals surface area contributed by atoms with E-state index in [4.69, 9.17) is 4.74 Å². The van der Waals surface area contributed by atoms with Gasteiger partial charge in [0.25, 0.3) is 0 Å². The lowest BCUT2D eigenvalue weighted by Crippen LogP contribution is -2.51. The molecular formula is C12H16O3. The molecule has 0 aromatic rings. The molecule has 3 aliphatic rings. The minimum Gasteiger partial charge on any atom is -0.469 e. The summed E-state index contributed by atoms with van der Waals surface area (Å²) in [6, 6.07) is 0. The van der Waals surface area contributed by atoms with Gasteiger partial charge in [-0.3, -0.25) is 9.59 Å². The first kappa shape index (κ1) is 10.4. The molecule has 4 atom stereocenters. The molecule has 0 aromatic carbocycles. The summed E-state index contributed by atoms with van der Waals surface area (Å²) < 4.78 is 4.80. The number of ketones is 1. The second kappa shape index (κ2) is 3.19. The Morgan fingerprint density at radius 2 is 2.20 bits per heavy atom. The van der Waals surface area contributed by atoms with Gasteiger partial charge >= 0.3 is 5.97 Å². The van der Waals surface area contributed by atoms with Gasteiger partial charge < -0.3 is 4.74 Å². The molecule has 0 radical (unpaired) electrons. The molecule has 0 aromatic heterocycles. The van der Waals surface area contributed by atoms with E-state index in [0.717, 1.165) is 6.42 Å². The van der Waals surface area contributed by atoms with E-state index in [-0.39, 0.29) is 29.5 Å². The SMILES string of the molecule is COC(=O)[C@@]1(C)CC2C=CC1C(=O)C2C. The van der Waals surface area contributed by atoms with Gasteiger partial charge in [0.05, 0.1) is 18.4 Å². The van der Waals surface area contributed by atoms with Crippen LogP contribution in [0.3, 0.4) is 0 Å². The number of rotatable bonds is 1. The molecule has 1 saturated carbocycles. The van der Waals surface area contributed by atoms with Gasteiger partial charge in [-0.05, 0) is 19.3 Å². The molecule has 15 heavy (non-hydrogen) atoms. The first-order valence-corrected chi connectivity index (χ1v) is 5.31. The van der Waals surface area contributed by atoms with Gasteiger partial charge in [-0.15, -0.1) is 0 Å². The second-order valence-electron chi connectivity index (χ2n) is 4.83. The predicted molar refractivity (Wildman–Crippen MR) is 55.0 cm³/mol. The quantitative estimate of drug-likeness (QED) is 0.485. The van der Waals surface area contributed by atoms with E-state index in [9.17, 15) is 9.59 Å². The zero-order valence-electron chi connectivity index (χ0n) is 9.32. The fraction of sp³-hybridized carbons (Fsp3) is 0.667. The number of methoxy groups -OCH3 is 1. The number of hydrogen-bond donors (Lipinski definition) is 0. The van der Waals surface area contributed by atoms with Crippen molar-refractivity contribution in [3.05, 3.63) is 12.2 Å². The Morgan fingerprint density at radius 3 is 2.73 bits per heavy atom. The Labute approximate surface area is 89.5 Å². The van der Waals surface area contributed by atoms with Crippen molar-refractivity contribution in [2.24, 2.45) is 23.2 Å². The van der Waals surface area contributed by atoms with Crippen molar-refractivity contribution >= 4 is 11.8 Å². The minimum absolute atomic E-state index is 0.0535. The molecule has 3 heteroatoms.